The largest absolute Gasteiger partial charge is 0.480 e. The van der Waals surface area contributed by atoms with Gasteiger partial charge in [-0.25, -0.2) is 4.79 Å². The van der Waals surface area contributed by atoms with Crippen molar-refractivity contribution in [1.82, 2.24) is 21.3 Å². The minimum atomic E-state index is -1.61. The number of carboxylic acids is 1. The summed E-state index contributed by atoms with van der Waals surface area (Å²) in [5.74, 6) is -4.90. The van der Waals surface area contributed by atoms with Crippen LogP contribution in [0.4, 0.5) is 0 Å². The Kier molecular flexibility index (Phi) is 13.1. The zero-order valence-electron chi connectivity index (χ0n) is 18.8. The van der Waals surface area contributed by atoms with E-state index in [0.717, 1.165) is 0 Å². The van der Waals surface area contributed by atoms with Gasteiger partial charge in [-0.3, -0.25) is 19.2 Å². The van der Waals surface area contributed by atoms with Crippen LogP contribution in [0.2, 0.25) is 0 Å². The van der Waals surface area contributed by atoms with E-state index in [1.54, 1.807) is 13.8 Å². The zero-order valence-corrected chi connectivity index (χ0v) is 18.8. The van der Waals surface area contributed by atoms with E-state index in [1.165, 1.54) is 0 Å². The molecular weight excluding hydrogens is 426 g/mol. The number of nitrogens with one attached hydrogen (secondary N) is 4. The molecule has 0 fully saturated rings. The molecule has 13 nitrogen and oxygen atoms in total. The van der Waals surface area contributed by atoms with E-state index in [1.807, 2.05) is 19.2 Å². The van der Waals surface area contributed by atoms with Gasteiger partial charge in [-0.05, 0) is 11.8 Å². The molecule has 5 atom stereocenters. The van der Waals surface area contributed by atoms with Crippen LogP contribution in [0.3, 0.4) is 0 Å². The number of carboxylic acid groups (broad SMARTS) is 1. The summed E-state index contributed by atoms with van der Waals surface area (Å²) in [4.78, 5) is 59.7. The molecule has 0 spiro atoms. The van der Waals surface area contributed by atoms with Crippen LogP contribution in [0.5, 0.6) is 0 Å². The standard InChI is InChI=1S/C19H35N5O8/c1-5-10(4)14(20)17(29)24-15(9(2)3)18(30)21-6-13(27)22-11(7-25)16(28)23-12(8-26)19(31)32/h9-12,14-15,25-26H,5-8,20H2,1-4H3,(H,21,30)(H,22,27)(H,23,28)(H,24,29)(H,31,32)/t10?,11-,12-,14?,15-/m0/s1. The summed E-state index contributed by atoms with van der Waals surface area (Å²) < 4.78 is 0. The third kappa shape index (κ3) is 9.58. The summed E-state index contributed by atoms with van der Waals surface area (Å²) in [7, 11) is 0. The monoisotopic (exact) mass is 461 g/mol. The van der Waals surface area contributed by atoms with E-state index < -0.39 is 73.5 Å². The molecule has 13 heteroatoms. The molecule has 2 unspecified atom stereocenters. The topological polar surface area (TPSA) is 220 Å². The molecular formula is C19H35N5O8. The first-order valence-electron chi connectivity index (χ1n) is 10.3. The van der Waals surface area contributed by atoms with Gasteiger partial charge in [-0.2, -0.15) is 0 Å². The van der Waals surface area contributed by atoms with Crippen molar-refractivity contribution < 1.29 is 39.3 Å². The Morgan fingerprint density at radius 2 is 1.41 bits per heavy atom. The van der Waals surface area contributed by atoms with Crippen molar-refractivity contribution >= 4 is 29.6 Å². The predicted molar refractivity (Wildman–Crippen MR) is 113 cm³/mol. The van der Waals surface area contributed by atoms with Crippen LogP contribution in [0.15, 0.2) is 0 Å². The maximum atomic E-state index is 12.5. The van der Waals surface area contributed by atoms with E-state index in [-0.39, 0.29) is 11.8 Å². The molecule has 0 saturated heterocycles. The molecule has 4 amide bonds. The van der Waals surface area contributed by atoms with Gasteiger partial charge in [0, 0.05) is 0 Å². The molecule has 0 aliphatic rings. The molecule has 32 heavy (non-hydrogen) atoms. The number of carbonyl (C=O) groups is 5. The number of hydrogen-bond acceptors (Lipinski definition) is 8. The summed E-state index contributed by atoms with van der Waals surface area (Å²) in [6.07, 6.45) is 0.679. The van der Waals surface area contributed by atoms with Crippen molar-refractivity contribution in [2.75, 3.05) is 19.8 Å². The molecule has 0 aliphatic carbocycles. The van der Waals surface area contributed by atoms with Gasteiger partial charge in [0.2, 0.25) is 23.6 Å². The average Bonchev–Trinajstić information content (AvgIpc) is 2.75. The molecule has 0 aliphatic heterocycles. The second-order valence-electron chi connectivity index (χ2n) is 7.74. The summed E-state index contributed by atoms with van der Waals surface area (Å²) in [6.45, 7) is 4.80. The number of aliphatic carboxylic acids is 1. The Labute approximate surface area is 186 Å². The maximum Gasteiger partial charge on any atom is 0.328 e. The van der Waals surface area contributed by atoms with Gasteiger partial charge >= 0.3 is 5.97 Å². The second-order valence-corrected chi connectivity index (χ2v) is 7.74. The number of amides is 4. The van der Waals surface area contributed by atoms with Gasteiger partial charge in [-0.15, -0.1) is 0 Å². The number of aliphatic hydroxyl groups is 2. The zero-order chi connectivity index (χ0) is 25.0. The lowest BCUT2D eigenvalue weighted by Crippen LogP contribution is -2.57. The van der Waals surface area contributed by atoms with Crippen molar-refractivity contribution in [2.24, 2.45) is 17.6 Å². The normalized spacial score (nSPS) is 15.6. The molecule has 9 N–H and O–H groups in total. The molecule has 0 aromatic rings. The Hall–Kier alpha value is -2.77. The highest BCUT2D eigenvalue weighted by atomic mass is 16.4. The van der Waals surface area contributed by atoms with Crippen molar-refractivity contribution in [2.45, 2.75) is 58.3 Å². The molecule has 0 radical (unpaired) electrons. The predicted octanol–water partition coefficient (Wildman–Crippen LogP) is -3.34. The lowest BCUT2D eigenvalue weighted by atomic mass is 9.97. The first kappa shape index (κ1) is 29.2. The molecule has 0 aromatic heterocycles. The summed E-state index contributed by atoms with van der Waals surface area (Å²) in [5, 5.41) is 36.1. The summed E-state index contributed by atoms with van der Waals surface area (Å²) >= 11 is 0. The summed E-state index contributed by atoms with van der Waals surface area (Å²) in [5.41, 5.74) is 5.88. The average molecular weight is 462 g/mol. The van der Waals surface area contributed by atoms with Crippen LogP contribution in [-0.2, 0) is 24.0 Å². The van der Waals surface area contributed by atoms with E-state index >= 15 is 0 Å². The Bertz CT molecular complexity index is 672. The van der Waals surface area contributed by atoms with Crippen molar-refractivity contribution in [3.05, 3.63) is 0 Å². The van der Waals surface area contributed by atoms with Crippen molar-refractivity contribution in [3.63, 3.8) is 0 Å². The smallest absolute Gasteiger partial charge is 0.328 e. The van der Waals surface area contributed by atoms with Gasteiger partial charge in [0.15, 0.2) is 0 Å². The lowest BCUT2D eigenvalue weighted by molar-refractivity contribution is -0.143. The molecule has 0 bridgehead atoms. The highest BCUT2D eigenvalue weighted by Gasteiger charge is 2.29. The first-order valence-corrected chi connectivity index (χ1v) is 10.3. The number of aliphatic hydroxyl groups excluding tert-OH is 2. The molecule has 0 rings (SSSR count). The molecule has 0 saturated carbocycles. The Morgan fingerprint density at radius 3 is 1.84 bits per heavy atom. The molecule has 0 aromatic carbocycles. The van der Waals surface area contributed by atoms with Crippen LogP contribution in [0, 0.1) is 11.8 Å². The van der Waals surface area contributed by atoms with Crippen LogP contribution in [0.25, 0.3) is 0 Å². The fraction of sp³-hybridized carbons (Fsp3) is 0.737. The third-order valence-electron chi connectivity index (χ3n) is 4.86. The summed E-state index contributed by atoms with van der Waals surface area (Å²) in [6, 6.07) is -4.86. The van der Waals surface area contributed by atoms with Crippen LogP contribution in [0.1, 0.15) is 34.1 Å². The minimum absolute atomic E-state index is 0.0928. The number of nitrogens with two attached hydrogens (primary N) is 1. The van der Waals surface area contributed by atoms with Crippen LogP contribution < -0.4 is 27.0 Å². The lowest BCUT2D eigenvalue weighted by Gasteiger charge is -2.25. The minimum Gasteiger partial charge on any atom is -0.480 e. The van der Waals surface area contributed by atoms with Crippen LogP contribution >= 0.6 is 0 Å². The fourth-order valence-electron chi connectivity index (χ4n) is 2.47. The number of carbonyl (C=O) groups excluding carboxylic acids is 4. The van der Waals surface area contributed by atoms with Gasteiger partial charge < -0.3 is 42.3 Å². The van der Waals surface area contributed by atoms with Gasteiger partial charge in [0.05, 0.1) is 25.8 Å². The van der Waals surface area contributed by atoms with E-state index in [9.17, 15) is 29.1 Å². The quantitative estimate of drug-likeness (QED) is 0.129. The number of rotatable bonds is 14. The van der Waals surface area contributed by atoms with E-state index in [0.29, 0.717) is 6.42 Å². The Balaban J connectivity index is 4.88. The van der Waals surface area contributed by atoms with Crippen molar-refractivity contribution in [1.29, 1.82) is 0 Å². The first-order chi connectivity index (χ1) is 14.9. The maximum absolute atomic E-state index is 12.5. The SMILES string of the molecule is CCC(C)C(N)C(=O)N[C@H](C(=O)NCC(=O)N[C@@H](CO)C(=O)N[C@@H](CO)C(=O)O)C(C)C. The van der Waals surface area contributed by atoms with Gasteiger partial charge in [-0.1, -0.05) is 34.1 Å². The fourth-order valence-corrected chi connectivity index (χ4v) is 2.47. The highest BCUT2D eigenvalue weighted by molar-refractivity contribution is 5.94. The van der Waals surface area contributed by atoms with Crippen LogP contribution in [-0.4, -0.2) is 88.8 Å². The van der Waals surface area contributed by atoms with Gasteiger partial charge in [0.25, 0.3) is 0 Å². The third-order valence-corrected chi connectivity index (χ3v) is 4.86. The molecule has 0 heterocycles. The highest BCUT2D eigenvalue weighted by Crippen LogP contribution is 2.08. The number of hydrogen-bond donors (Lipinski definition) is 8. The molecule has 184 valence electrons. The van der Waals surface area contributed by atoms with E-state index in [4.69, 9.17) is 15.9 Å². The van der Waals surface area contributed by atoms with Crippen molar-refractivity contribution in [3.8, 4) is 0 Å². The Morgan fingerprint density at radius 1 is 0.844 bits per heavy atom. The second kappa shape index (κ2) is 14.3. The van der Waals surface area contributed by atoms with Gasteiger partial charge in [0.1, 0.15) is 18.1 Å². The van der Waals surface area contributed by atoms with E-state index in [2.05, 4.69) is 16.0 Å².